The van der Waals surface area contributed by atoms with Crippen LogP contribution in [0, 0.1) is 17.0 Å². The molecule has 0 aliphatic carbocycles. The van der Waals surface area contributed by atoms with E-state index in [1.807, 2.05) is 0 Å². The number of nitrogens with one attached hydrogen (secondary N) is 2. The van der Waals surface area contributed by atoms with Gasteiger partial charge in [-0.15, -0.1) is 0 Å². The monoisotopic (exact) mass is 446 g/mol. The molecule has 0 saturated heterocycles. The zero-order chi connectivity index (χ0) is 21.7. The SMILES string of the molecule is COc1ccc(Nc2nc(N/N=C/c3ccc(Cl)cc3Cl)nc(C)c2[N+](=O)[O-])cc1. The van der Waals surface area contributed by atoms with Gasteiger partial charge in [-0.2, -0.15) is 10.1 Å². The topological polar surface area (TPSA) is 115 Å². The standard InChI is InChI=1S/C19H16Cl2N6O3/c1-11-17(27(28)29)18(24-14-5-7-15(30-2)8-6-14)25-19(23-11)26-22-10-12-3-4-13(20)9-16(12)21/h3-10H,1-2H3,(H2,23,24,25,26)/b22-10+. The van der Waals surface area contributed by atoms with E-state index in [0.29, 0.717) is 27.0 Å². The van der Waals surface area contributed by atoms with Crippen LogP contribution in [0.15, 0.2) is 47.6 Å². The molecular formula is C19H16Cl2N6O3. The lowest BCUT2D eigenvalue weighted by atomic mass is 10.2. The predicted molar refractivity (Wildman–Crippen MR) is 117 cm³/mol. The predicted octanol–water partition coefficient (Wildman–Crippen LogP) is 5.20. The summed E-state index contributed by atoms with van der Waals surface area (Å²) in [5.74, 6) is 0.766. The number of hydrogen-bond acceptors (Lipinski definition) is 8. The molecule has 0 amide bonds. The van der Waals surface area contributed by atoms with Gasteiger partial charge in [0.25, 0.3) is 0 Å². The normalized spacial score (nSPS) is 10.8. The Bertz CT molecular complexity index is 1110. The second kappa shape index (κ2) is 9.38. The quantitative estimate of drug-likeness (QED) is 0.291. The van der Waals surface area contributed by atoms with Crippen LogP contribution in [-0.4, -0.2) is 28.2 Å². The molecular weight excluding hydrogens is 431 g/mol. The number of rotatable bonds is 7. The molecule has 2 aromatic carbocycles. The molecule has 9 nitrogen and oxygen atoms in total. The number of halogens is 2. The van der Waals surface area contributed by atoms with Gasteiger partial charge in [-0.1, -0.05) is 29.3 Å². The first-order valence-electron chi connectivity index (χ1n) is 8.55. The van der Waals surface area contributed by atoms with Crippen molar-refractivity contribution < 1.29 is 9.66 Å². The van der Waals surface area contributed by atoms with Gasteiger partial charge in [0.05, 0.1) is 23.3 Å². The summed E-state index contributed by atoms with van der Waals surface area (Å²) in [5, 5.41) is 19.4. The van der Waals surface area contributed by atoms with E-state index in [4.69, 9.17) is 27.9 Å². The summed E-state index contributed by atoms with van der Waals surface area (Å²) in [6.45, 7) is 1.52. The zero-order valence-corrected chi connectivity index (χ0v) is 17.4. The molecule has 3 aromatic rings. The van der Waals surface area contributed by atoms with E-state index in [2.05, 4.69) is 25.8 Å². The maximum absolute atomic E-state index is 11.5. The summed E-state index contributed by atoms with van der Waals surface area (Å²) in [6.07, 6.45) is 1.47. The van der Waals surface area contributed by atoms with Crippen molar-refractivity contribution in [3.05, 3.63) is 73.9 Å². The van der Waals surface area contributed by atoms with Crippen molar-refractivity contribution >= 4 is 52.6 Å². The molecule has 154 valence electrons. The summed E-state index contributed by atoms with van der Waals surface area (Å²) in [7, 11) is 1.55. The van der Waals surface area contributed by atoms with E-state index in [1.165, 1.54) is 13.1 Å². The van der Waals surface area contributed by atoms with Crippen molar-refractivity contribution in [1.82, 2.24) is 9.97 Å². The van der Waals surface area contributed by atoms with Crippen LogP contribution in [0.25, 0.3) is 0 Å². The van der Waals surface area contributed by atoms with Gasteiger partial charge in [0.1, 0.15) is 11.4 Å². The van der Waals surface area contributed by atoms with Crippen LogP contribution in [0.5, 0.6) is 5.75 Å². The van der Waals surface area contributed by atoms with E-state index < -0.39 is 4.92 Å². The van der Waals surface area contributed by atoms with Gasteiger partial charge in [0.15, 0.2) is 0 Å². The van der Waals surface area contributed by atoms with Gasteiger partial charge in [-0.25, -0.2) is 10.4 Å². The minimum atomic E-state index is -0.540. The third-order valence-corrected chi connectivity index (χ3v) is 4.49. The number of nitro groups is 1. The maximum atomic E-state index is 11.5. The van der Waals surface area contributed by atoms with Gasteiger partial charge >= 0.3 is 5.69 Å². The number of anilines is 3. The number of aromatic nitrogens is 2. The van der Waals surface area contributed by atoms with Crippen molar-refractivity contribution in [3.63, 3.8) is 0 Å². The fourth-order valence-electron chi connectivity index (χ4n) is 2.50. The Morgan fingerprint density at radius 2 is 1.90 bits per heavy atom. The van der Waals surface area contributed by atoms with E-state index >= 15 is 0 Å². The molecule has 0 radical (unpaired) electrons. The number of hydrogen-bond donors (Lipinski definition) is 2. The highest BCUT2D eigenvalue weighted by Gasteiger charge is 2.22. The number of hydrazone groups is 1. The van der Waals surface area contributed by atoms with E-state index in [1.54, 1.807) is 49.6 Å². The van der Waals surface area contributed by atoms with Crippen LogP contribution >= 0.6 is 23.2 Å². The molecule has 0 bridgehead atoms. The highest BCUT2D eigenvalue weighted by molar-refractivity contribution is 6.36. The molecule has 1 aromatic heterocycles. The summed E-state index contributed by atoms with van der Waals surface area (Å²) in [5.41, 5.74) is 3.82. The van der Waals surface area contributed by atoms with Crippen molar-refractivity contribution in [2.24, 2.45) is 5.10 Å². The van der Waals surface area contributed by atoms with Crippen LogP contribution in [0.1, 0.15) is 11.3 Å². The highest BCUT2D eigenvalue weighted by Crippen LogP contribution is 2.30. The van der Waals surface area contributed by atoms with Gasteiger partial charge < -0.3 is 10.1 Å². The minimum absolute atomic E-state index is 0.0277. The van der Waals surface area contributed by atoms with Gasteiger partial charge in [-0.05, 0) is 43.3 Å². The minimum Gasteiger partial charge on any atom is -0.497 e. The van der Waals surface area contributed by atoms with Crippen LogP contribution < -0.4 is 15.5 Å². The molecule has 0 aliphatic heterocycles. The van der Waals surface area contributed by atoms with Crippen LogP contribution in [-0.2, 0) is 0 Å². The Balaban J connectivity index is 1.86. The number of methoxy groups -OCH3 is 1. The summed E-state index contributed by atoms with van der Waals surface area (Å²) >= 11 is 12.0. The molecule has 0 unspecified atom stereocenters. The van der Waals surface area contributed by atoms with Gasteiger partial charge in [0.2, 0.25) is 11.8 Å². The molecule has 0 atom stereocenters. The highest BCUT2D eigenvalue weighted by atomic mass is 35.5. The van der Waals surface area contributed by atoms with Crippen LogP contribution in [0.3, 0.4) is 0 Å². The summed E-state index contributed by atoms with van der Waals surface area (Å²) in [6, 6.07) is 11.9. The zero-order valence-electron chi connectivity index (χ0n) is 15.9. The first kappa shape index (κ1) is 21.3. The van der Waals surface area contributed by atoms with E-state index in [-0.39, 0.29) is 23.1 Å². The molecule has 0 spiro atoms. The third kappa shape index (κ3) is 5.13. The summed E-state index contributed by atoms with van der Waals surface area (Å²) < 4.78 is 5.11. The first-order valence-corrected chi connectivity index (χ1v) is 9.31. The number of nitrogens with zero attached hydrogens (tertiary/aromatic N) is 4. The molecule has 30 heavy (non-hydrogen) atoms. The number of ether oxygens (including phenoxy) is 1. The summed E-state index contributed by atoms with van der Waals surface area (Å²) in [4.78, 5) is 19.2. The largest absolute Gasteiger partial charge is 0.497 e. The second-order valence-electron chi connectivity index (χ2n) is 5.98. The van der Waals surface area contributed by atoms with Crippen molar-refractivity contribution in [1.29, 1.82) is 0 Å². The van der Waals surface area contributed by atoms with Crippen LogP contribution in [0.4, 0.5) is 23.1 Å². The average Bonchev–Trinajstić information content (AvgIpc) is 2.69. The Morgan fingerprint density at radius 1 is 1.17 bits per heavy atom. The average molecular weight is 447 g/mol. The number of aryl methyl sites for hydroxylation is 1. The van der Waals surface area contributed by atoms with Crippen molar-refractivity contribution in [2.45, 2.75) is 6.92 Å². The first-order chi connectivity index (χ1) is 14.4. The Kier molecular flexibility index (Phi) is 6.65. The molecule has 0 fully saturated rings. The fourth-order valence-corrected chi connectivity index (χ4v) is 2.96. The number of benzene rings is 2. The van der Waals surface area contributed by atoms with E-state index in [0.717, 1.165) is 0 Å². The fraction of sp³-hybridized carbons (Fsp3) is 0.105. The second-order valence-corrected chi connectivity index (χ2v) is 6.82. The Morgan fingerprint density at radius 3 is 2.53 bits per heavy atom. The van der Waals surface area contributed by atoms with Gasteiger partial charge in [-0.3, -0.25) is 10.1 Å². The molecule has 3 rings (SSSR count). The third-order valence-electron chi connectivity index (χ3n) is 3.92. The molecule has 0 aliphatic rings. The van der Waals surface area contributed by atoms with Gasteiger partial charge in [0, 0.05) is 16.3 Å². The lowest BCUT2D eigenvalue weighted by molar-refractivity contribution is -0.385. The Hall–Kier alpha value is -3.43. The molecule has 1 heterocycles. The maximum Gasteiger partial charge on any atom is 0.332 e. The van der Waals surface area contributed by atoms with Crippen molar-refractivity contribution in [2.75, 3.05) is 17.9 Å². The van der Waals surface area contributed by atoms with Crippen molar-refractivity contribution in [3.8, 4) is 5.75 Å². The van der Waals surface area contributed by atoms with E-state index in [9.17, 15) is 10.1 Å². The lowest BCUT2D eigenvalue weighted by Crippen LogP contribution is -2.07. The Labute approximate surface area is 181 Å². The smallest absolute Gasteiger partial charge is 0.332 e. The molecule has 11 heteroatoms. The van der Waals surface area contributed by atoms with Crippen LogP contribution in [0.2, 0.25) is 10.0 Å². The molecule has 2 N–H and O–H groups in total. The molecule has 0 saturated carbocycles. The lowest BCUT2D eigenvalue weighted by Gasteiger charge is -2.10.